The Morgan fingerprint density at radius 3 is 2.47 bits per heavy atom. The first-order valence-corrected chi connectivity index (χ1v) is 11.8. The second-order valence-corrected chi connectivity index (χ2v) is 9.28. The maximum absolute atomic E-state index is 12.6. The summed E-state index contributed by atoms with van der Waals surface area (Å²) in [4.78, 5) is 21.6. The molecule has 0 spiro atoms. The molecule has 0 amide bonds. The number of ketones is 1. The summed E-state index contributed by atoms with van der Waals surface area (Å²) in [5.41, 5.74) is 3.37. The number of sulfonamides is 1. The molecular formula is C23H24N4O4S. The summed E-state index contributed by atoms with van der Waals surface area (Å²) < 4.78 is 27.9. The number of hydrogen-bond donors (Lipinski definition) is 2. The molecule has 8 nitrogen and oxygen atoms in total. The number of nitrogens with one attached hydrogen (secondary N) is 1. The second kappa shape index (κ2) is 9.05. The highest BCUT2D eigenvalue weighted by Crippen LogP contribution is 2.32. The normalized spacial score (nSPS) is 15.8. The van der Waals surface area contributed by atoms with Crippen LogP contribution in [-0.4, -0.2) is 37.8 Å². The number of hydrogen-bond acceptors (Lipinski definition) is 7. The zero-order valence-electron chi connectivity index (χ0n) is 17.6. The minimum Gasteiger partial charge on any atom is -0.497 e. The standard InChI is InChI=1S/C23H24N4O4S/c1-31-18-6-4-16(5-7-18)17-12-21-20(22(28)13-17)14-26-23(27-21)25-11-10-15-2-8-19(9-3-15)32(24,29)30/h2-9,14,17H,10-13H2,1H3,(H2,24,29,30)(H,25,26,27)/t17-/m1/s1. The van der Waals surface area contributed by atoms with Gasteiger partial charge >= 0.3 is 0 Å². The molecule has 3 aromatic rings. The van der Waals surface area contributed by atoms with Gasteiger partial charge in [-0.05, 0) is 54.2 Å². The van der Waals surface area contributed by atoms with Gasteiger partial charge in [0, 0.05) is 19.2 Å². The number of benzene rings is 2. The highest BCUT2D eigenvalue weighted by atomic mass is 32.2. The quantitative estimate of drug-likeness (QED) is 0.565. The van der Waals surface area contributed by atoms with Gasteiger partial charge in [0.15, 0.2) is 5.78 Å². The molecule has 0 bridgehead atoms. The maximum atomic E-state index is 12.6. The Kier molecular flexibility index (Phi) is 6.20. The van der Waals surface area contributed by atoms with Gasteiger partial charge in [0.25, 0.3) is 0 Å². The highest BCUT2D eigenvalue weighted by molar-refractivity contribution is 7.89. The van der Waals surface area contributed by atoms with Gasteiger partial charge in [-0.2, -0.15) is 0 Å². The van der Waals surface area contributed by atoms with Crippen LogP contribution in [0.15, 0.2) is 59.6 Å². The van der Waals surface area contributed by atoms with Crippen LogP contribution < -0.4 is 15.2 Å². The Balaban J connectivity index is 1.41. The first kappa shape index (κ1) is 21.9. The van der Waals surface area contributed by atoms with Crippen molar-refractivity contribution in [2.45, 2.75) is 30.1 Å². The zero-order chi connectivity index (χ0) is 22.7. The van der Waals surface area contributed by atoms with Crippen LogP contribution in [0, 0.1) is 0 Å². The van der Waals surface area contributed by atoms with Crippen LogP contribution in [0.1, 0.15) is 39.5 Å². The van der Waals surface area contributed by atoms with E-state index in [-0.39, 0.29) is 16.6 Å². The van der Waals surface area contributed by atoms with E-state index < -0.39 is 10.0 Å². The lowest BCUT2D eigenvalue weighted by molar-refractivity contribution is 0.0962. The molecule has 4 rings (SSSR count). The number of ether oxygens (including phenoxy) is 1. The summed E-state index contributed by atoms with van der Waals surface area (Å²) in [6, 6.07) is 14.2. The molecule has 32 heavy (non-hydrogen) atoms. The molecule has 1 heterocycles. The first-order valence-electron chi connectivity index (χ1n) is 10.2. The molecule has 0 unspecified atom stereocenters. The number of carbonyl (C=O) groups is 1. The maximum Gasteiger partial charge on any atom is 0.238 e. The number of primary sulfonamides is 1. The lowest BCUT2D eigenvalue weighted by Crippen LogP contribution is -2.21. The third-order valence-electron chi connectivity index (χ3n) is 5.58. The van der Waals surface area contributed by atoms with E-state index in [1.54, 1.807) is 25.4 Å². The summed E-state index contributed by atoms with van der Waals surface area (Å²) in [5.74, 6) is 1.37. The predicted octanol–water partition coefficient (Wildman–Crippen LogP) is 2.70. The smallest absolute Gasteiger partial charge is 0.238 e. The van der Waals surface area contributed by atoms with E-state index in [0.29, 0.717) is 37.3 Å². The molecule has 1 atom stereocenters. The number of nitrogens with zero attached hydrogens (tertiary/aromatic N) is 2. The fraction of sp³-hybridized carbons (Fsp3) is 0.261. The van der Waals surface area contributed by atoms with Crippen LogP contribution in [0.4, 0.5) is 5.95 Å². The van der Waals surface area contributed by atoms with E-state index in [0.717, 1.165) is 22.6 Å². The fourth-order valence-electron chi connectivity index (χ4n) is 3.81. The van der Waals surface area contributed by atoms with Crippen molar-refractivity contribution in [1.29, 1.82) is 0 Å². The van der Waals surface area contributed by atoms with E-state index in [2.05, 4.69) is 15.3 Å². The summed E-state index contributed by atoms with van der Waals surface area (Å²) in [7, 11) is -2.07. The number of aromatic nitrogens is 2. The Morgan fingerprint density at radius 2 is 1.81 bits per heavy atom. The molecule has 1 aliphatic rings. The fourth-order valence-corrected chi connectivity index (χ4v) is 4.32. The number of rotatable bonds is 7. The van der Waals surface area contributed by atoms with Crippen LogP contribution in [0.5, 0.6) is 5.75 Å². The molecule has 0 radical (unpaired) electrons. The summed E-state index contributed by atoms with van der Waals surface area (Å²) in [6.07, 6.45) is 3.35. The molecule has 0 fully saturated rings. The van der Waals surface area contributed by atoms with Crippen molar-refractivity contribution < 1.29 is 17.9 Å². The van der Waals surface area contributed by atoms with Gasteiger partial charge in [0.05, 0.1) is 23.3 Å². The van der Waals surface area contributed by atoms with Crippen LogP contribution in [0.3, 0.4) is 0 Å². The molecule has 166 valence electrons. The summed E-state index contributed by atoms with van der Waals surface area (Å²) in [5, 5.41) is 8.30. The van der Waals surface area contributed by atoms with Crippen LogP contribution >= 0.6 is 0 Å². The number of carbonyl (C=O) groups excluding carboxylic acids is 1. The van der Waals surface area contributed by atoms with Gasteiger partial charge in [-0.15, -0.1) is 0 Å². The Hall–Kier alpha value is -3.30. The number of anilines is 1. The van der Waals surface area contributed by atoms with Crippen molar-refractivity contribution in [1.82, 2.24) is 9.97 Å². The van der Waals surface area contributed by atoms with Crippen LogP contribution in [-0.2, 0) is 22.9 Å². The number of Topliss-reactive ketones (excluding diaryl/α,β-unsaturated/α-hetero) is 1. The summed E-state index contributed by atoms with van der Waals surface area (Å²) in [6.45, 7) is 0.559. The van der Waals surface area contributed by atoms with Crippen molar-refractivity contribution in [3.05, 3.63) is 77.1 Å². The largest absolute Gasteiger partial charge is 0.497 e. The van der Waals surface area contributed by atoms with Gasteiger partial charge in [-0.1, -0.05) is 24.3 Å². The third-order valence-corrected chi connectivity index (χ3v) is 6.50. The van der Waals surface area contributed by atoms with Gasteiger partial charge in [0.2, 0.25) is 16.0 Å². The first-order chi connectivity index (χ1) is 15.3. The number of fused-ring (bicyclic) bond motifs is 1. The van der Waals surface area contributed by atoms with Gasteiger partial charge in [0.1, 0.15) is 5.75 Å². The third kappa shape index (κ3) is 4.95. The van der Waals surface area contributed by atoms with Crippen molar-refractivity contribution in [3.63, 3.8) is 0 Å². The molecule has 1 aromatic heterocycles. The van der Waals surface area contributed by atoms with Gasteiger partial charge in [-0.3, -0.25) is 4.79 Å². The monoisotopic (exact) mass is 452 g/mol. The van der Waals surface area contributed by atoms with Crippen molar-refractivity contribution in [2.24, 2.45) is 5.14 Å². The SMILES string of the molecule is COc1ccc([C@H]2CC(=O)c3cnc(NCCc4ccc(S(N)(=O)=O)cc4)nc3C2)cc1. The van der Waals surface area contributed by atoms with Gasteiger partial charge < -0.3 is 10.1 Å². The van der Waals surface area contributed by atoms with Crippen molar-refractivity contribution >= 4 is 21.8 Å². The Bertz CT molecular complexity index is 1230. The van der Waals surface area contributed by atoms with E-state index in [4.69, 9.17) is 9.88 Å². The average molecular weight is 453 g/mol. The highest BCUT2D eigenvalue weighted by Gasteiger charge is 2.28. The molecule has 0 aliphatic heterocycles. The molecular weight excluding hydrogens is 428 g/mol. The van der Waals surface area contributed by atoms with Crippen molar-refractivity contribution in [3.8, 4) is 5.75 Å². The lowest BCUT2D eigenvalue weighted by atomic mass is 9.82. The summed E-state index contributed by atoms with van der Waals surface area (Å²) >= 11 is 0. The van der Waals surface area contributed by atoms with E-state index in [9.17, 15) is 13.2 Å². The molecule has 0 saturated heterocycles. The van der Waals surface area contributed by atoms with Crippen LogP contribution in [0.25, 0.3) is 0 Å². The second-order valence-electron chi connectivity index (χ2n) is 7.72. The molecule has 3 N–H and O–H groups in total. The van der Waals surface area contributed by atoms with Gasteiger partial charge in [-0.25, -0.2) is 23.5 Å². The molecule has 9 heteroatoms. The average Bonchev–Trinajstić information content (AvgIpc) is 2.78. The molecule has 0 saturated carbocycles. The van der Waals surface area contributed by atoms with E-state index in [1.165, 1.54) is 12.1 Å². The van der Waals surface area contributed by atoms with E-state index in [1.807, 2.05) is 24.3 Å². The van der Waals surface area contributed by atoms with Crippen LogP contribution in [0.2, 0.25) is 0 Å². The zero-order valence-corrected chi connectivity index (χ0v) is 18.4. The number of methoxy groups -OCH3 is 1. The topological polar surface area (TPSA) is 124 Å². The Labute approximate surface area is 186 Å². The molecule has 1 aliphatic carbocycles. The predicted molar refractivity (Wildman–Crippen MR) is 120 cm³/mol. The minimum atomic E-state index is -3.69. The number of nitrogens with two attached hydrogens (primary N) is 1. The van der Waals surface area contributed by atoms with E-state index >= 15 is 0 Å². The minimum absolute atomic E-state index is 0.0496. The Morgan fingerprint density at radius 1 is 1.09 bits per heavy atom. The lowest BCUT2D eigenvalue weighted by Gasteiger charge is -2.23. The van der Waals surface area contributed by atoms with Crippen molar-refractivity contribution in [2.75, 3.05) is 19.0 Å². The molecule has 2 aromatic carbocycles.